The molecule has 0 radical (unpaired) electrons. The highest BCUT2D eigenvalue weighted by Gasteiger charge is 2.45. The van der Waals surface area contributed by atoms with E-state index in [9.17, 15) is 18.0 Å². The maximum Gasteiger partial charge on any atom is 0.405 e. The summed E-state index contributed by atoms with van der Waals surface area (Å²) in [6.45, 7) is 0.853. The normalized spacial score (nSPS) is 22.9. The summed E-state index contributed by atoms with van der Waals surface area (Å²) in [6, 6.07) is -1.55. The van der Waals surface area contributed by atoms with E-state index in [-0.39, 0.29) is 25.4 Å². The Morgan fingerprint density at radius 1 is 1.41 bits per heavy atom. The Kier molecular flexibility index (Phi) is 4.76. The Labute approximate surface area is 98.7 Å². The Morgan fingerprint density at radius 2 is 2.06 bits per heavy atom. The number of nitrogens with one attached hydrogen (secondary N) is 1. The second-order valence-electron chi connectivity index (χ2n) is 4.23. The van der Waals surface area contributed by atoms with Crippen molar-refractivity contribution in [3.05, 3.63) is 0 Å². The molecule has 0 aromatic carbocycles. The van der Waals surface area contributed by atoms with Crippen LogP contribution in [0, 0.1) is 0 Å². The van der Waals surface area contributed by atoms with Gasteiger partial charge in [-0.25, -0.2) is 0 Å². The highest BCUT2D eigenvalue weighted by Crippen LogP contribution is 2.26. The number of piperazine rings is 1. The minimum absolute atomic E-state index is 0.221. The van der Waals surface area contributed by atoms with Crippen LogP contribution in [0.1, 0.15) is 6.42 Å². The third-order valence-electron chi connectivity index (χ3n) is 2.97. The number of carbonyl (C=O) groups is 1. The van der Waals surface area contributed by atoms with Crippen molar-refractivity contribution >= 4 is 5.91 Å². The van der Waals surface area contributed by atoms with Gasteiger partial charge < -0.3 is 10.2 Å². The first-order valence-electron chi connectivity index (χ1n) is 5.55. The van der Waals surface area contributed by atoms with Crippen LogP contribution in [0.2, 0.25) is 0 Å². The molecule has 1 saturated heterocycles. The number of amides is 1. The van der Waals surface area contributed by atoms with E-state index < -0.39 is 12.2 Å². The van der Waals surface area contributed by atoms with Gasteiger partial charge in [-0.3, -0.25) is 9.69 Å². The monoisotopic (exact) mass is 253 g/mol. The highest BCUT2D eigenvalue weighted by molar-refractivity contribution is 5.76. The van der Waals surface area contributed by atoms with Gasteiger partial charge in [0.15, 0.2) is 0 Å². The average Bonchev–Trinajstić information content (AvgIpc) is 2.25. The largest absolute Gasteiger partial charge is 0.405 e. The van der Waals surface area contributed by atoms with Crippen LogP contribution in [0.5, 0.6) is 0 Å². The molecule has 1 aliphatic heterocycles. The van der Waals surface area contributed by atoms with Gasteiger partial charge in [0, 0.05) is 32.6 Å². The zero-order valence-electron chi connectivity index (χ0n) is 10.0. The summed E-state index contributed by atoms with van der Waals surface area (Å²) in [5.74, 6) is -0.221. The van der Waals surface area contributed by atoms with Gasteiger partial charge in [-0.1, -0.05) is 0 Å². The predicted octanol–water partition coefficient (Wildman–Crippen LogP) is 0.301. The first-order valence-corrected chi connectivity index (χ1v) is 5.55. The van der Waals surface area contributed by atoms with Crippen molar-refractivity contribution in [2.24, 2.45) is 0 Å². The maximum absolute atomic E-state index is 12.7. The zero-order valence-corrected chi connectivity index (χ0v) is 10.0. The number of hydrogen-bond donors (Lipinski definition) is 1. The lowest BCUT2D eigenvalue weighted by Gasteiger charge is -2.40. The van der Waals surface area contributed by atoms with Crippen LogP contribution >= 0.6 is 0 Å². The van der Waals surface area contributed by atoms with E-state index in [1.165, 1.54) is 16.8 Å². The van der Waals surface area contributed by atoms with Crippen LogP contribution < -0.4 is 5.32 Å². The van der Waals surface area contributed by atoms with Crippen LogP contribution in [-0.4, -0.2) is 68.2 Å². The van der Waals surface area contributed by atoms with E-state index in [0.717, 1.165) is 0 Å². The van der Waals surface area contributed by atoms with Gasteiger partial charge in [0.2, 0.25) is 5.91 Å². The van der Waals surface area contributed by atoms with E-state index in [2.05, 4.69) is 5.32 Å². The lowest BCUT2D eigenvalue weighted by atomic mass is 10.1. The second-order valence-corrected chi connectivity index (χ2v) is 4.23. The molecular weight excluding hydrogens is 235 g/mol. The summed E-state index contributed by atoms with van der Waals surface area (Å²) in [4.78, 5) is 14.2. The van der Waals surface area contributed by atoms with E-state index in [1.54, 1.807) is 7.05 Å². The molecule has 17 heavy (non-hydrogen) atoms. The fourth-order valence-electron chi connectivity index (χ4n) is 1.84. The number of nitrogens with zero attached hydrogens (tertiary/aromatic N) is 2. The molecule has 1 heterocycles. The van der Waals surface area contributed by atoms with Gasteiger partial charge in [-0.15, -0.1) is 0 Å². The standard InChI is InChI=1S/C10H18F3N3O/c1-14-4-3-9(17)16-6-5-15(2)8(7-16)10(11,12)13/h8,14H,3-7H2,1-2H3. The third-order valence-corrected chi connectivity index (χ3v) is 2.97. The number of likely N-dealkylation sites (N-methyl/N-ethyl adjacent to an activating group) is 1. The summed E-state index contributed by atoms with van der Waals surface area (Å²) in [6.07, 6.45) is -4.04. The van der Waals surface area contributed by atoms with E-state index >= 15 is 0 Å². The lowest BCUT2D eigenvalue weighted by Crippen LogP contribution is -2.58. The Hall–Kier alpha value is -0.820. The SMILES string of the molecule is CNCCC(=O)N1CCN(C)C(C(F)(F)F)C1. The van der Waals surface area contributed by atoms with Crippen molar-refractivity contribution in [3.63, 3.8) is 0 Å². The van der Waals surface area contributed by atoms with Crippen molar-refractivity contribution in [3.8, 4) is 0 Å². The number of rotatable bonds is 3. The first-order chi connectivity index (χ1) is 7.86. The van der Waals surface area contributed by atoms with Crippen LogP contribution in [0.4, 0.5) is 13.2 Å². The molecule has 1 unspecified atom stereocenters. The minimum atomic E-state index is -4.28. The zero-order chi connectivity index (χ0) is 13.1. The van der Waals surface area contributed by atoms with Crippen molar-refractivity contribution in [2.75, 3.05) is 40.3 Å². The number of hydrogen-bond acceptors (Lipinski definition) is 3. The molecule has 0 spiro atoms. The molecule has 1 atom stereocenters. The van der Waals surface area contributed by atoms with Crippen LogP contribution in [-0.2, 0) is 4.79 Å². The quantitative estimate of drug-likeness (QED) is 0.786. The van der Waals surface area contributed by atoms with Crippen LogP contribution in [0.15, 0.2) is 0 Å². The summed E-state index contributed by atoms with van der Waals surface area (Å²) in [5.41, 5.74) is 0. The molecule has 1 N–H and O–H groups in total. The fourth-order valence-corrected chi connectivity index (χ4v) is 1.84. The van der Waals surface area contributed by atoms with Crippen molar-refractivity contribution < 1.29 is 18.0 Å². The van der Waals surface area contributed by atoms with E-state index in [0.29, 0.717) is 13.1 Å². The molecule has 1 rings (SSSR count). The molecular formula is C10H18F3N3O. The molecule has 100 valence electrons. The molecule has 0 saturated carbocycles. The van der Waals surface area contributed by atoms with Gasteiger partial charge in [-0.2, -0.15) is 13.2 Å². The summed E-state index contributed by atoms with van der Waals surface area (Å²) in [5, 5.41) is 2.81. The maximum atomic E-state index is 12.7. The molecule has 0 aromatic heterocycles. The molecule has 1 fully saturated rings. The Balaban J connectivity index is 2.58. The number of halogens is 3. The van der Waals surface area contributed by atoms with E-state index in [4.69, 9.17) is 0 Å². The average molecular weight is 253 g/mol. The molecule has 0 aliphatic carbocycles. The summed E-state index contributed by atoms with van der Waals surface area (Å²) in [7, 11) is 3.14. The van der Waals surface area contributed by atoms with Crippen LogP contribution in [0.3, 0.4) is 0 Å². The molecule has 1 amide bonds. The Morgan fingerprint density at radius 3 is 2.59 bits per heavy atom. The van der Waals surface area contributed by atoms with Gasteiger partial charge in [0.1, 0.15) is 6.04 Å². The molecule has 7 heteroatoms. The van der Waals surface area contributed by atoms with Gasteiger partial charge in [0.25, 0.3) is 0 Å². The van der Waals surface area contributed by atoms with Gasteiger partial charge >= 0.3 is 6.18 Å². The Bertz CT molecular complexity index is 270. The minimum Gasteiger partial charge on any atom is -0.339 e. The lowest BCUT2D eigenvalue weighted by molar-refractivity contribution is -0.194. The van der Waals surface area contributed by atoms with Crippen molar-refractivity contribution in [2.45, 2.75) is 18.6 Å². The smallest absolute Gasteiger partial charge is 0.339 e. The fraction of sp³-hybridized carbons (Fsp3) is 0.900. The summed E-state index contributed by atoms with van der Waals surface area (Å²) >= 11 is 0. The molecule has 4 nitrogen and oxygen atoms in total. The highest BCUT2D eigenvalue weighted by atomic mass is 19.4. The van der Waals surface area contributed by atoms with Crippen LogP contribution in [0.25, 0.3) is 0 Å². The summed E-state index contributed by atoms with van der Waals surface area (Å²) < 4.78 is 38.1. The first kappa shape index (κ1) is 14.2. The van der Waals surface area contributed by atoms with Crippen molar-refractivity contribution in [1.82, 2.24) is 15.1 Å². The topological polar surface area (TPSA) is 35.6 Å². The number of alkyl halides is 3. The number of carbonyl (C=O) groups excluding carboxylic acids is 1. The third kappa shape index (κ3) is 3.85. The molecule has 1 aliphatic rings. The van der Waals surface area contributed by atoms with Crippen molar-refractivity contribution in [1.29, 1.82) is 0 Å². The van der Waals surface area contributed by atoms with Gasteiger partial charge in [-0.05, 0) is 14.1 Å². The van der Waals surface area contributed by atoms with Gasteiger partial charge in [0.05, 0.1) is 0 Å². The molecule has 0 bridgehead atoms. The molecule has 0 aromatic rings. The van der Waals surface area contributed by atoms with E-state index in [1.807, 2.05) is 0 Å². The second kappa shape index (κ2) is 5.68. The predicted molar refractivity (Wildman–Crippen MR) is 57.6 cm³/mol.